The summed E-state index contributed by atoms with van der Waals surface area (Å²) in [6.07, 6.45) is 1.93. The van der Waals surface area contributed by atoms with Gasteiger partial charge in [0.25, 0.3) is 0 Å². The van der Waals surface area contributed by atoms with E-state index in [-0.39, 0.29) is 5.82 Å². The normalized spacial score (nSPS) is 11.2. The standard InChI is InChI=1S/C13H17FN2/c1-9-11(4-3-7-15)12-6-5-10(14)8-13(12)16(9)2/h5-6,8H,3-4,7,15H2,1-2H3. The molecule has 0 radical (unpaired) electrons. The fraction of sp³-hybridized carbons (Fsp3) is 0.385. The molecule has 1 aromatic heterocycles. The average molecular weight is 220 g/mol. The van der Waals surface area contributed by atoms with Crippen molar-refractivity contribution in [2.75, 3.05) is 6.54 Å². The van der Waals surface area contributed by atoms with Gasteiger partial charge in [-0.15, -0.1) is 0 Å². The van der Waals surface area contributed by atoms with Crippen molar-refractivity contribution in [2.24, 2.45) is 12.8 Å². The molecule has 0 aliphatic rings. The molecule has 2 N–H and O–H groups in total. The molecular weight excluding hydrogens is 203 g/mol. The highest BCUT2D eigenvalue weighted by Gasteiger charge is 2.11. The maximum absolute atomic E-state index is 13.2. The maximum atomic E-state index is 13.2. The van der Waals surface area contributed by atoms with Crippen molar-refractivity contribution in [3.05, 3.63) is 35.3 Å². The molecule has 16 heavy (non-hydrogen) atoms. The van der Waals surface area contributed by atoms with Gasteiger partial charge in [0, 0.05) is 18.1 Å². The number of aromatic nitrogens is 1. The second kappa shape index (κ2) is 4.26. The van der Waals surface area contributed by atoms with E-state index < -0.39 is 0 Å². The quantitative estimate of drug-likeness (QED) is 0.846. The Morgan fingerprint density at radius 3 is 2.81 bits per heavy atom. The van der Waals surface area contributed by atoms with E-state index in [2.05, 4.69) is 6.92 Å². The molecule has 0 saturated heterocycles. The molecule has 0 spiro atoms. The zero-order chi connectivity index (χ0) is 11.7. The van der Waals surface area contributed by atoms with E-state index in [9.17, 15) is 4.39 Å². The molecule has 0 unspecified atom stereocenters. The average Bonchev–Trinajstić information content (AvgIpc) is 2.50. The largest absolute Gasteiger partial charge is 0.348 e. The van der Waals surface area contributed by atoms with E-state index in [0.717, 1.165) is 23.7 Å². The molecule has 2 rings (SSSR count). The Labute approximate surface area is 94.9 Å². The molecule has 3 heteroatoms. The number of aryl methyl sites for hydroxylation is 2. The van der Waals surface area contributed by atoms with Crippen LogP contribution in [0.3, 0.4) is 0 Å². The molecule has 0 aliphatic carbocycles. The zero-order valence-corrected chi connectivity index (χ0v) is 9.76. The fourth-order valence-corrected chi connectivity index (χ4v) is 2.21. The number of hydrogen-bond acceptors (Lipinski definition) is 1. The molecule has 0 fully saturated rings. The first-order chi connectivity index (χ1) is 7.65. The zero-order valence-electron chi connectivity index (χ0n) is 9.76. The lowest BCUT2D eigenvalue weighted by Crippen LogP contribution is -2.01. The van der Waals surface area contributed by atoms with Crippen LogP contribution in [-0.2, 0) is 13.5 Å². The third kappa shape index (κ3) is 1.71. The lowest BCUT2D eigenvalue weighted by atomic mass is 10.1. The number of rotatable bonds is 3. The lowest BCUT2D eigenvalue weighted by Gasteiger charge is -2.00. The second-order valence-electron chi connectivity index (χ2n) is 4.18. The maximum Gasteiger partial charge on any atom is 0.125 e. The summed E-state index contributed by atoms with van der Waals surface area (Å²) in [5, 5.41) is 1.15. The Balaban J connectivity index is 2.59. The highest BCUT2D eigenvalue weighted by molar-refractivity contribution is 5.85. The van der Waals surface area contributed by atoms with Gasteiger partial charge in [0.05, 0.1) is 5.52 Å². The van der Waals surface area contributed by atoms with Gasteiger partial charge in [-0.1, -0.05) is 0 Å². The summed E-state index contributed by atoms with van der Waals surface area (Å²) in [5.74, 6) is -0.182. The van der Waals surface area contributed by atoms with Crippen LogP contribution in [0.5, 0.6) is 0 Å². The molecule has 2 aromatic rings. The smallest absolute Gasteiger partial charge is 0.125 e. The predicted molar refractivity (Wildman–Crippen MR) is 65.0 cm³/mol. The first-order valence-corrected chi connectivity index (χ1v) is 5.58. The minimum Gasteiger partial charge on any atom is -0.348 e. The third-order valence-electron chi connectivity index (χ3n) is 3.22. The van der Waals surface area contributed by atoms with Gasteiger partial charge in [-0.3, -0.25) is 0 Å². The summed E-state index contributed by atoms with van der Waals surface area (Å²) in [6.45, 7) is 2.76. The first-order valence-electron chi connectivity index (χ1n) is 5.58. The van der Waals surface area contributed by atoms with Crippen LogP contribution in [0.1, 0.15) is 17.7 Å². The van der Waals surface area contributed by atoms with Crippen LogP contribution in [-0.4, -0.2) is 11.1 Å². The Morgan fingerprint density at radius 2 is 2.12 bits per heavy atom. The molecule has 0 atom stereocenters. The van der Waals surface area contributed by atoms with Crippen molar-refractivity contribution in [3.63, 3.8) is 0 Å². The summed E-state index contributed by atoms with van der Waals surface area (Å²) in [4.78, 5) is 0. The van der Waals surface area contributed by atoms with Crippen LogP contribution in [0.15, 0.2) is 18.2 Å². The topological polar surface area (TPSA) is 30.9 Å². The van der Waals surface area contributed by atoms with Gasteiger partial charge in [-0.2, -0.15) is 0 Å². The Kier molecular flexibility index (Phi) is 2.97. The molecule has 1 heterocycles. The van der Waals surface area contributed by atoms with Crippen LogP contribution in [0.2, 0.25) is 0 Å². The number of halogens is 1. The third-order valence-corrected chi connectivity index (χ3v) is 3.22. The van der Waals surface area contributed by atoms with Crippen LogP contribution in [0, 0.1) is 12.7 Å². The van der Waals surface area contributed by atoms with Crippen molar-refractivity contribution in [3.8, 4) is 0 Å². The number of fused-ring (bicyclic) bond motifs is 1. The first kappa shape index (κ1) is 11.1. The van der Waals surface area contributed by atoms with Gasteiger partial charge in [-0.05, 0) is 50.1 Å². The van der Waals surface area contributed by atoms with E-state index in [1.807, 2.05) is 17.7 Å². The molecule has 0 amide bonds. The van der Waals surface area contributed by atoms with Gasteiger partial charge >= 0.3 is 0 Å². The monoisotopic (exact) mass is 220 g/mol. The summed E-state index contributed by atoms with van der Waals surface area (Å²) in [5.41, 5.74) is 8.99. The van der Waals surface area contributed by atoms with Gasteiger partial charge in [0.15, 0.2) is 0 Å². The molecule has 86 valence electrons. The number of nitrogens with two attached hydrogens (primary N) is 1. The fourth-order valence-electron chi connectivity index (χ4n) is 2.21. The lowest BCUT2D eigenvalue weighted by molar-refractivity contribution is 0.629. The predicted octanol–water partition coefficient (Wildman–Crippen LogP) is 2.52. The molecule has 0 saturated carbocycles. The van der Waals surface area contributed by atoms with E-state index >= 15 is 0 Å². The Bertz CT molecular complexity index is 514. The van der Waals surface area contributed by atoms with E-state index in [0.29, 0.717) is 6.54 Å². The number of nitrogens with zero attached hydrogens (tertiary/aromatic N) is 1. The molecule has 1 aromatic carbocycles. The van der Waals surface area contributed by atoms with Crippen LogP contribution in [0.4, 0.5) is 4.39 Å². The van der Waals surface area contributed by atoms with Crippen LogP contribution < -0.4 is 5.73 Å². The summed E-state index contributed by atoms with van der Waals surface area (Å²) < 4.78 is 15.2. The SMILES string of the molecule is Cc1c(CCCN)c2ccc(F)cc2n1C. The highest BCUT2D eigenvalue weighted by atomic mass is 19.1. The van der Waals surface area contributed by atoms with Crippen molar-refractivity contribution in [2.45, 2.75) is 19.8 Å². The number of benzene rings is 1. The summed E-state index contributed by atoms with van der Waals surface area (Å²) in [6, 6.07) is 4.98. The Morgan fingerprint density at radius 1 is 1.38 bits per heavy atom. The Hall–Kier alpha value is -1.35. The minimum absolute atomic E-state index is 0.182. The van der Waals surface area contributed by atoms with Crippen LogP contribution in [0.25, 0.3) is 10.9 Å². The van der Waals surface area contributed by atoms with Crippen molar-refractivity contribution in [1.29, 1.82) is 0 Å². The van der Waals surface area contributed by atoms with Crippen molar-refractivity contribution in [1.82, 2.24) is 4.57 Å². The molecule has 2 nitrogen and oxygen atoms in total. The molecular formula is C13H17FN2. The summed E-state index contributed by atoms with van der Waals surface area (Å²) in [7, 11) is 1.98. The second-order valence-corrected chi connectivity index (χ2v) is 4.18. The van der Waals surface area contributed by atoms with Crippen molar-refractivity contribution < 1.29 is 4.39 Å². The van der Waals surface area contributed by atoms with E-state index in [1.54, 1.807) is 6.07 Å². The van der Waals surface area contributed by atoms with Crippen molar-refractivity contribution >= 4 is 10.9 Å². The van der Waals surface area contributed by atoms with Crippen LogP contribution >= 0.6 is 0 Å². The van der Waals surface area contributed by atoms with Gasteiger partial charge in [0.1, 0.15) is 5.82 Å². The van der Waals surface area contributed by atoms with Gasteiger partial charge in [-0.25, -0.2) is 4.39 Å². The van der Waals surface area contributed by atoms with Gasteiger partial charge in [0.2, 0.25) is 0 Å². The minimum atomic E-state index is -0.182. The number of hydrogen-bond donors (Lipinski definition) is 1. The highest BCUT2D eigenvalue weighted by Crippen LogP contribution is 2.26. The van der Waals surface area contributed by atoms with E-state index in [1.165, 1.54) is 17.3 Å². The molecule has 0 aliphatic heterocycles. The molecule has 0 bridgehead atoms. The van der Waals surface area contributed by atoms with E-state index in [4.69, 9.17) is 5.73 Å². The summed E-state index contributed by atoms with van der Waals surface area (Å²) >= 11 is 0. The van der Waals surface area contributed by atoms with Gasteiger partial charge < -0.3 is 10.3 Å².